The molecular formula is C9H13ClN4O2. The number of nitrogens with two attached hydrogens (primary N) is 1. The van der Waals surface area contributed by atoms with Gasteiger partial charge < -0.3 is 10.5 Å². The molecule has 1 aliphatic rings. The Bertz CT molecular complexity index is 337. The molecule has 7 heteroatoms. The number of nitrogen functional groups attached to an aromatic ring is 1. The first-order chi connectivity index (χ1) is 7.74. The molecule has 1 unspecified atom stereocenters. The number of anilines is 2. The highest BCUT2D eigenvalue weighted by atomic mass is 35.5. The average Bonchev–Trinajstić information content (AvgIpc) is 2.69. The Kier molecular flexibility index (Phi) is 3.76. The van der Waals surface area contributed by atoms with Crippen LogP contribution in [0.2, 0.25) is 5.15 Å². The molecule has 1 fully saturated rings. The summed E-state index contributed by atoms with van der Waals surface area (Å²) in [6.45, 7) is 2.12. The molecule has 0 radical (unpaired) electrons. The van der Waals surface area contributed by atoms with E-state index in [1.165, 1.54) is 0 Å². The van der Waals surface area contributed by atoms with Crippen LogP contribution in [0.4, 0.5) is 11.8 Å². The maximum atomic E-state index is 5.71. The van der Waals surface area contributed by atoms with Crippen molar-refractivity contribution < 1.29 is 9.57 Å². The van der Waals surface area contributed by atoms with Gasteiger partial charge in [0.1, 0.15) is 5.15 Å². The highest BCUT2D eigenvalue weighted by Crippen LogP contribution is 2.15. The molecule has 1 aliphatic heterocycles. The second kappa shape index (κ2) is 5.29. The lowest BCUT2D eigenvalue weighted by Crippen LogP contribution is -2.14. The molecule has 1 aromatic rings. The first-order valence-electron chi connectivity index (χ1n) is 4.99. The Labute approximate surface area is 98.1 Å². The zero-order valence-corrected chi connectivity index (χ0v) is 9.41. The van der Waals surface area contributed by atoms with Crippen molar-refractivity contribution in [3.05, 3.63) is 11.2 Å². The van der Waals surface area contributed by atoms with Gasteiger partial charge in [-0.2, -0.15) is 4.98 Å². The molecule has 0 amide bonds. The summed E-state index contributed by atoms with van der Waals surface area (Å²) in [6, 6.07) is 1.54. The fraction of sp³-hybridized carbons (Fsp3) is 0.556. The summed E-state index contributed by atoms with van der Waals surface area (Å²) in [4.78, 5) is 12.9. The van der Waals surface area contributed by atoms with Gasteiger partial charge in [0.2, 0.25) is 5.95 Å². The molecule has 0 bridgehead atoms. The van der Waals surface area contributed by atoms with Crippen LogP contribution in [0, 0.1) is 5.92 Å². The molecule has 3 N–H and O–H groups in total. The van der Waals surface area contributed by atoms with Gasteiger partial charge in [0.15, 0.2) is 5.82 Å². The lowest BCUT2D eigenvalue weighted by atomic mass is 10.1. The lowest BCUT2D eigenvalue weighted by molar-refractivity contribution is 0.126. The van der Waals surface area contributed by atoms with Gasteiger partial charge in [-0.1, -0.05) is 11.6 Å². The molecule has 2 rings (SSSR count). The predicted octanol–water partition coefficient (Wildman–Crippen LogP) is 1.09. The van der Waals surface area contributed by atoms with Gasteiger partial charge in [-0.3, -0.25) is 4.84 Å². The van der Waals surface area contributed by atoms with Crippen molar-refractivity contribution in [1.82, 2.24) is 9.97 Å². The Hall–Kier alpha value is -1.11. The third-order valence-corrected chi connectivity index (χ3v) is 2.43. The van der Waals surface area contributed by atoms with E-state index in [9.17, 15) is 0 Å². The molecule has 2 heterocycles. The van der Waals surface area contributed by atoms with Gasteiger partial charge in [0, 0.05) is 18.6 Å². The monoisotopic (exact) mass is 244 g/mol. The predicted molar refractivity (Wildman–Crippen MR) is 60.0 cm³/mol. The van der Waals surface area contributed by atoms with E-state index in [4.69, 9.17) is 26.9 Å². The maximum Gasteiger partial charge on any atom is 0.223 e. The Balaban J connectivity index is 1.80. The Morgan fingerprint density at radius 3 is 3.19 bits per heavy atom. The number of ether oxygens (including phenoxy) is 1. The molecule has 1 atom stereocenters. The molecule has 0 spiro atoms. The second-order valence-electron chi connectivity index (χ2n) is 3.58. The van der Waals surface area contributed by atoms with Gasteiger partial charge >= 0.3 is 0 Å². The van der Waals surface area contributed by atoms with E-state index in [1.54, 1.807) is 6.07 Å². The highest BCUT2D eigenvalue weighted by Gasteiger charge is 2.15. The van der Waals surface area contributed by atoms with Crippen LogP contribution in [0.5, 0.6) is 0 Å². The molecule has 6 nitrogen and oxygen atoms in total. The number of aromatic nitrogens is 2. The zero-order valence-electron chi connectivity index (χ0n) is 8.65. The van der Waals surface area contributed by atoms with Crippen molar-refractivity contribution in [2.75, 3.05) is 31.0 Å². The van der Waals surface area contributed by atoms with Crippen molar-refractivity contribution in [2.45, 2.75) is 6.42 Å². The summed E-state index contributed by atoms with van der Waals surface area (Å²) in [5.74, 6) is 1.00. The van der Waals surface area contributed by atoms with Crippen LogP contribution in [0.25, 0.3) is 0 Å². The summed E-state index contributed by atoms with van der Waals surface area (Å²) in [6.07, 6.45) is 1.02. The average molecular weight is 245 g/mol. The zero-order chi connectivity index (χ0) is 11.4. The van der Waals surface area contributed by atoms with Crippen LogP contribution in [0.3, 0.4) is 0 Å². The molecule has 0 aromatic carbocycles. The minimum Gasteiger partial charge on any atom is -0.381 e. The summed E-state index contributed by atoms with van der Waals surface area (Å²) < 4.78 is 5.22. The van der Waals surface area contributed by atoms with Crippen LogP contribution < -0.4 is 11.2 Å². The van der Waals surface area contributed by atoms with E-state index in [-0.39, 0.29) is 11.1 Å². The van der Waals surface area contributed by atoms with Gasteiger partial charge in [-0.05, 0) is 6.42 Å². The number of nitrogens with zero attached hydrogens (tertiary/aromatic N) is 2. The van der Waals surface area contributed by atoms with Crippen LogP contribution in [-0.2, 0) is 9.57 Å². The minimum atomic E-state index is 0.114. The minimum absolute atomic E-state index is 0.114. The summed E-state index contributed by atoms with van der Waals surface area (Å²) in [5, 5.41) is 0.280. The Morgan fingerprint density at radius 1 is 1.62 bits per heavy atom. The number of halogens is 1. The number of rotatable bonds is 4. The molecule has 0 saturated carbocycles. The lowest BCUT2D eigenvalue weighted by Gasteiger charge is -2.09. The molecule has 16 heavy (non-hydrogen) atoms. The van der Waals surface area contributed by atoms with Crippen molar-refractivity contribution >= 4 is 23.4 Å². The number of hydrogen-bond acceptors (Lipinski definition) is 6. The third-order valence-electron chi connectivity index (χ3n) is 2.23. The summed E-state index contributed by atoms with van der Waals surface area (Å²) >= 11 is 5.71. The smallest absolute Gasteiger partial charge is 0.223 e. The highest BCUT2D eigenvalue weighted by molar-refractivity contribution is 6.29. The third kappa shape index (κ3) is 3.19. The van der Waals surface area contributed by atoms with E-state index in [0.29, 0.717) is 18.3 Å². The van der Waals surface area contributed by atoms with Crippen LogP contribution in [-0.4, -0.2) is 29.8 Å². The van der Waals surface area contributed by atoms with Crippen molar-refractivity contribution in [3.63, 3.8) is 0 Å². The maximum absolute atomic E-state index is 5.71. The Morgan fingerprint density at radius 2 is 2.50 bits per heavy atom. The topological polar surface area (TPSA) is 82.3 Å². The van der Waals surface area contributed by atoms with Gasteiger partial charge in [0.25, 0.3) is 0 Å². The van der Waals surface area contributed by atoms with Crippen molar-refractivity contribution in [1.29, 1.82) is 0 Å². The first kappa shape index (κ1) is 11.4. The van der Waals surface area contributed by atoms with Crippen LogP contribution in [0.1, 0.15) is 6.42 Å². The summed E-state index contributed by atoms with van der Waals surface area (Å²) in [5.41, 5.74) is 8.11. The van der Waals surface area contributed by atoms with E-state index >= 15 is 0 Å². The molecule has 88 valence electrons. The molecule has 1 saturated heterocycles. The van der Waals surface area contributed by atoms with Crippen LogP contribution in [0.15, 0.2) is 6.07 Å². The molecule has 1 aromatic heterocycles. The number of nitrogens with one attached hydrogen (secondary N) is 1. The van der Waals surface area contributed by atoms with E-state index in [2.05, 4.69) is 15.4 Å². The first-order valence-corrected chi connectivity index (χ1v) is 5.37. The van der Waals surface area contributed by atoms with E-state index < -0.39 is 0 Å². The SMILES string of the molecule is Nc1nc(Cl)cc(NOCC2CCOC2)n1. The van der Waals surface area contributed by atoms with Crippen LogP contribution >= 0.6 is 11.6 Å². The fourth-order valence-electron chi connectivity index (χ4n) is 1.44. The fourth-order valence-corrected chi connectivity index (χ4v) is 1.63. The number of hydrogen-bond donors (Lipinski definition) is 2. The normalized spacial score (nSPS) is 19.9. The largest absolute Gasteiger partial charge is 0.381 e. The second-order valence-corrected chi connectivity index (χ2v) is 3.96. The van der Waals surface area contributed by atoms with Gasteiger partial charge in [0.05, 0.1) is 13.2 Å². The van der Waals surface area contributed by atoms with Gasteiger partial charge in [-0.15, -0.1) is 0 Å². The summed E-state index contributed by atoms with van der Waals surface area (Å²) in [7, 11) is 0. The van der Waals surface area contributed by atoms with E-state index in [1.807, 2.05) is 0 Å². The van der Waals surface area contributed by atoms with E-state index in [0.717, 1.165) is 19.6 Å². The van der Waals surface area contributed by atoms with Crippen molar-refractivity contribution in [2.24, 2.45) is 5.92 Å². The quantitative estimate of drug-likeness (QED) is 0.610. The molecular weight excluding hydrogens is 232 g/mol. The molecule has 0 aliphatic carbocycles. The van der Waals surface area contributed by atoms with Gasteiger partial charge in [-0.25, -0.2) is 10.5 Å². The van der Waals surface area contributed by atoms with Crippen molar-refractivity contribution in [3.8, 4) is 0 Å². The standard InChI is InChI=1S/C9H13ClN4O2/c10-7-3-8(13-9(11)12-7)14-16-5-6-1-2-15-4-6/h3,6H,1-2,4-5H2,(H3,11,12,13,14).